The molecule has 78 valence electrons. The molecule has 0 saturated heterocycles. The fourth-order valence-corrected chi connectivity index (χ4v) is 3.92. The lowest BCUT2D eigenvalue weighted by molar-refractivity contribution is 0.357. The third-order valence-electron chi connectivity index (χ3n) is 2.70. The summed E-state index contributed by atoms with van der Waals surface area (Å²) in [5.74, 6) is 0.806. The Morgan fingerprint density at radius 3 is 3.14 bits per heavy atom. The van der Waals surface area contributed by atoms with Gasteiger partial charge in [-0.1, -0.05) is 30.0 Å². The highest BCUT2D eigenvalue weighted by Gasteiger charge is 2.27. The molecule has 1 fully saturated rings. The van der Waals surface area contributed by atoms with Gasteiger partial charge >= 0.3 is 0 Å². The summed E-state index contributed by atoms with van der Waals surface area (Å²) in [6, 6.07) is 0.333. The van der Waals surface area contributed by atoms with Gasteiger partial charge in [-0.3, -0.25) is 0 Å². The zero-order chi connectivity index (χ0) is 9.97. The first-order chi connectivity index (χ1) is 6.75. The van der Waals surface area contributed by atoms with E-state index >= 15 is 0 Å². The zero-order valence-corrected chi connectivity index (χ0v) is 9.85. The normalized spacial score (nSPS) is 33.1. The highest BCUT2D eigenvalue weighted by molar-refractivity contribution is 8.01. The van der Waals surface area contributed by atoms with Gasteiger partial charge < -0.3 is 5.73 Å². The lowest BCUT2D eigenvalue weighted by Gasteiger charge is -2.31. The molecule has 5 heteroatoms. The van der Waals surface area contributed by atoms with Crippen LogP contribution >= 0.6 is 23.1 Å². The fraction of sp³-hybridized carbons (Fsp3) is 0.778. The molecule has 2 rings (SSSR count). The summed E-state index contributed by atoms with van der Waals surface area (Å²) in [6.07, 6.45) is 3.64. The SMILES string of the molecule is CC1CCC(N)C(Sc2nncs2)C1. The fourth-order valence-electron chi connectivity index (χ4n) is 1.83. The second-order valence-corrected chi connectivity index (χ2v) is 6.26. The molecule has 1 aromatic heterocycles. The van der Waals surface area contributed by atoms with Gasteiger partial charge in [-0.15, -0.1) is 10.2 Å². The minimum atomic E-state index is 0.333. The molecule has 0 amide bonds. The molecular weight excluding hydrogens is 214 g/mol. The van der Waals surface area contributed by atoms with E-state index in [1.165, 1.54) is 12.8 Å². The molecule has 1 saturated carbocycles. The molecule has 14 heavy (non-hydrogen) atoms. The molecule has 0 aromatic carbocycles. The van der Waals surface area contributed by atoms with E-state index in [0.717, 1.165) is 16.7 Å². The van der Waals surface area contributed by atoms with Crippen molar-refractivity contribution in [1.29, 1.82) is 0 Å². The second-order valence-electron chi connectivity index (χ2n) is 3.94. The van der Waals surface area contributed by atoms with Gasteiger partial charge in [0.15, 0.2) is 4.34 Å². The first kappa shape index (κ1) is 10.4. The van der Waals surface area contributed by atoms with Gasteiger partial charge in [0.1, 0.15) is 5.51 Å². The van der Waals surface area contributed by atoms with Crippen molar-refractivity contribution in [3.8, 4) is 0 Å². The molecule has 0 aliphatic heterocycles. The number of rotatable bonds is 2. The topological polar surface area (TPSA) is 51.8 Å². The van der Waals surface area contributed by atoms with Crippen LogP contribution in [0.1, 0.15) is 26.2 Å². The Balaban J connectivity index is 1.95. The summed E-state index contributed by atoms with van der Waals surface area (Å²) < 4.78 is 1.06. The van der Waals surface area contributed by atoms with Crippen LogP contribution in [0.15, 0.2) is 9.85 Å². The third-order valence-corrected chi connectivity index (χ3v) is 4.89. The van der Waals surface area contributed by atoms with Crippen molar-refractivity contribution in [2.75, 3.05) is 0 Å². The van der Waals surface area contributed by atoms with Gasteiger partial charge in [-0.2, -0.15) is 0 Å². The first-order valence-corrected chi connectivity index (χ1v) is 6.70. The molecule has 0 spiro atoms. The van der Waals surface area contributed by atoms with Crippen LogP contribution in [0.5, 0.6) is 0 Å². The summed E-state index contributed by atoms with van der Waals surface area (Å²) in [6.45, 7) is 2.31. The van der Waals surface area contributed by atoms with Crippen LogP contribution in [-0.4, -0.2) is 21.5 Å². The van der Waals surface area contributed by atoms with Gasteiger partial charge in [-0.25, -0.2) is 0 Å². The summed E-state index contributed by atoms with van der Waals surface area (Å²) in [4.78, 5) is 0. The zero-order valence-electron chi connectivity index (χ0n) is 8.22. The molecular formula is C9H15N3S2. The Kier molecular flexibility index (Phi) is 3.41. The quantitative estimate of drug-likeness (QED) is 0.844. The van der Waals surface area contributed by atoms with Crippen LogP contribution < -0.4 is 5.73 Å². The van der Waals surface area contributed by atoms with Crippen molar-refractivity contribution >= 4 is 23.1 Å². The highest BCUT2D eigenvalue weighted by atomic mass is 32.2. The molecule has 0 radical (unpaired) electrons. The van der Waals surface area contributed by atoms with Crippen LogP contribution in [0.4, 0.5) is 0 Å². The maximum absolute atomic E-state index is 6.09. The molecule has 1 heterocycles. The average molecular weight is 229 g/mol. The van der Waals surface area contributed by atoms with Crippen molar-refractivity contribution in [2.24, 2.45) is 11.7 Å². The number of nitrogens with zero attached hydrogens (tertiary/aromatic N) is 2. The van der Waals surface area contributed by atoms with Gasteiger partial charge in [0, 0.05) is 11.3 Å². The molecule has 0 bridgehead atoms. The van der Waals surface area contributed by atoms with E-state index in [1.807, 2.05) is 0 Å². The van der Waals surface area contributed by atoms with Crippen molar-refractivity contribution in [3.63, 3.8) is 0 Å². The van der Waals surface area contributed by atoms with Gasteiger partial charge in [-0.05, 0) is 25.2 Å². The Hall–Kier alpha value is -0.130. The van der Waals surface area contributed by atoms with E-state index in [0.29, 0.717) is 11.3 Å². The molecule has 1 aliphatic rings. The van der Waals surface area contributed by atoms with Crippen LogP contribution in [0, 0.1) is 5.92 Å². The Morgan fingerprint density at radius 2 is 2.43 bits per heavy atom. The van der Waals surface area contributed by atoms with Gasteiger partial charge in [0.05, 0.1) is 0 Å². The van der Waals surface area contributed by atoms with Crippen LogP contribution in [0.25, 0.3) is 0 Å². The van der Waals surface area contributed by atoms with E-state index in [-0.39, 0.29) is 0 Å². The van der Waals surface area contributed by atoms with Crippen molar-refractivity contribution in [1.82, 2.24) is 10.2 Å². The molecule has 3 nitrogen and oxygen atoms in total. The number of aromatic nitrogens is 2. The summed E-state index contributed by atoms with van der Waals surface area (Å²) in [7, 11) is 0. The largest absolute Gasteiger partial charge is 0.327 e. The van der Waals surface area contributed by atoms with Crippen LogP contribution in [0.2, 0.25) is 0 Å². The van der Waals surface area contributed by atoms with Crippen LogP contribution in [0.3, 0.4) is 0 Å². The van der Waals surface area contributed by atoms with Crippen molar-refractivity contribution < 1.29 is 0 Å². The standard InChI is InChI=1S/C9H15N3S2/c1-6-2-3-7(10)8(4-6)14-9-12-11-5-13-9/h5-8H,2-4,10H2,1H3. The number of nitrogens with two attached hydrogens (primary N) is 1. The van der Waals surface area contributed by atoms with E-state index < -0.39 is 0 Å². The van der Waals surface area contributed by atoms with E-state index in [9.17, 15) is 0 Å². The van der Waals surface area contributed by atoms with E-state index in [4.69, 9.17) is 5.73 Å². The Morgan fingerprint density at radius 1 is 1.57 bits per heavy atom. The van der Waals surface area contributed by atoms with Gasteiger partial charge in [0.25, 0.3) is 0 Å². The van der Waals surface area contributed by atoms with Crippen molar-refractivity contribution in [3.05, 3.63) is 5.51 Å². The second kappa shape index (κ2) is 4.59. The Bertz CT molecular complexity index is 276. The number of hydrogen-bond donors (Lipinski definition) is 1. The number of thioether (sulfide) groups is 1. The minimum absolute atomic E-state index is 0.333. The van der Waals surface area contributed by atoms with E-state index in [1.54, 1.807) is 28.6 Å². The van der Waals surface area contributed by atoms with E-state index in [2.05, 4.69) is 17.1 Å². The van der Waals surface area contributed by atoms with Crippen molar-refractivity contribution in [2.45, 2.75) is 41.8 Å². The molecule has 2 N–H and O–H groups in total. The summed E-state index contributed by atoms with van der Waals surface area (Å²) >= 11 is 3.41. The summed E-state index contributed by atoms with van der Waals surface area (Å²) in [5.41, 5.74) is 7.87. The molecule has 1 aromatic rings. The molecule has 3 atom stereocenters. The monoisotopic (exact) mass is 229 g/mol. The Labute approximate surface area is 92.5 Å². The lowest BCUT2D eigenvalue weighted by atomic mass is 9.87. The van der Waals surface area contributed by atoms with Crippen LogP contribution in [-0.2, 0) is 0 Å². The maximum Gasteiger partial charge on any atom is 0.174 e. The first-order valence-electron chi connectivity index (χ1n) is 4.94. The maximum atomic E-state index is 6.09. The predicted molar refractivity (Wildman–Crippen MR) is 60.5 cm³/mol. The lowest BCUT2D eigenvalue weighted by Crippen LogP contribution is -2.37. The smallest absolute Gasteiger partial charge is 0.174 e. The minimum Gasteiger partial charge on any atom is -0.327 e. The molecule has 1 aliphatic carbocycles. The molecule has 3 unspecified atom stereocenters. The highest BCUT2D eigenvalue weighted by Crippen LogP contribution is 2.35. The summed E-state index contributed by atoms with van der Waals surface area (Å²) in [5, 5.41) is 8.42. The predicted octanol–water partition coefficient (Wildman–Crippen LogP) is 2.15. The average Bonchev–Trinajstić information content (AvgIpc) is 2.64. The number of hydrogen-bond acceptors (Lipinski definition) is 5. The van der Waals surface area contributed by atoms with Gasteiger partial charge in [0.2, 0.25) is 0 Å². The third kappa shape index (κ3) is 2.46.